The van der Waals surface area contributed by atoms with E-state index in [0.717, 1.165) is 24.2 Å². The summed E-state index contributed by atoms with van der Waals surface area (Å²) in [5.74, 6) is 1.02. The molecule has 0 radical (unpaired) electrons. The van der Waals surface area contributed by atoms with Crippen LogP contribution in [0.1, 0.15) is 47.4 Å². The Bertz CT molecular complexity index is 1060. The summed E-state index contributed by atoms with van der Waals surface area (Å²) in [7, 11) is 0. The second kappa shape index (κ2) is 8.88. The fraction of sp³-hybridized carbons (Fsp3) is 0.348. The second-order valence-corrected chi connectivity index (χ2v) is 8.04. The minimum absolute atomic E-state index is 0.0209. The van der Waals surface area contributed by atoms with Crippen molar-refractivity contribution in [1.29, 1.82) is 0 Å². The van der Waals surface area contributed by atoms with Crippen molar-refractivity contribution >= 4 is 17.5 Å². The molecule has 4 rings (SSSR count). The van der Waals surface area contributed by atoms with Gasteiger partial charge in [-0.2, -0.15) is 5.10 Å². The fourth-order valence-electron chi connectivity index (χ4n) is 4.03. The standard InChI is InChI=1S/C23H25ClN4O2/c1-2-27-21(25-28(23(27)30)16-17-6-4-3-5-7-17)18-12-14-26(15-13-18)22(29)19-8-10-20(24)11-9-19/h3-11,18H,2,12-16H2,1H3. The van der Waals surface area contributed by atoms with E-state index < -0.39 is 0 Å². The van der Waals surface area contributed by atoms with Gasteiger partial charge in [-0.3, -0.25) is 9.36 Å². The van der Waals surface area contributed by atoms with E-state index in [2.05, 4.69) is 5.10 Å². The number of amides is 1. The van der Waals surface area contributed by atoms with E-state index in [1.165, 1.54) is 0 Å². The predicted octanol–water partition coefficient (Wildman–Crippen LogP) is 3.79. The monoisotopic (exact) mass is 424 g/mol. The van der Waals surface area contributed by atoms with Crippen molar-refractivity contribution < 1.29 is 4.79 Å². The molecule has 1 saturated heterocycles. The summed E-state index contributed by atoms with van der Waals surface area (Å²) < 4.78 is 3.32. The molecule has 1 aromatic heterocycles. The van der Waals surface area contributed by atoms with Crippen LogP contribution in [0.15, 0.2) is 59.4 Å². The minimum atomic E-state index is -0.0731. The zero-order valence-electron chi connectivity index (χ0n) is 17.0. The number of benzene rings is 2. The molecule has 156 valence electrons. The summed E-state index contributed by atoms with van der Waals surface area (Å²) in [6.07, 6.45) is 1.59. The van der Waals surface area contributed by atoms with Gasteiger partial charge < -0.3 is 4.90 Å². The summed E-state index contributed by atoms with van der Waals surface area (Å²) in [6, 6.07) is 16.9. The highest BCUT2D eigenvalue weighted by atomic mass is 35.5. The van der Waals surface area contributed by atoms with Gasteiger partial charge in [0.05, 0.1) is 6.54 Å². The molecule has 1 aliphatic rings. The van der Waals surface area contributed by atoms with E-state index in [9.17, 15) is 9.59 Å². The van der Waals surface area contributed by atoms with Crippen LogP contribution in [0, 0.1) is 0 Å². The normalized spacial score (nSPS) is 14.8. The molecule has 2 heterocycles. The highest BCUT2D eigenvalue weighted by molar-refractivity contribution is 6.30. The molecule has 30 heavy (non-hydrogen) atoms. The first-order valence-corrected chi connectivity index (χ1v) is 10.7. The average Bonchev–Trinajstić information content (AvgIpc) is 3.09. The number of hydrogen-bond donors (Lipinski definition) is 0. The smallest absolute Gasteiger partial charge is 0.339 e. The molecule has 1 aliphatic heterocycles. The summed E-state index contributed by atoms with van der Waals surface area (Å²) in [6.45, 7) is 4.32. The van der Waals surface area contributed by atoms with Crippen LogP contribution in [0.5, 0.6) is 0 Å². The van der Waals surface area contributed by atoms with Gasteiger partial charge in [0.25, 0.3) is 5.91 Å². The maximum atomic E-state index is 12.8. The molecule has 0 aliphatic carbocycles. The summed E-state index contributed by atoms with van der Waals surface area (Å²) in [4.78, 5) is 27.5. The Labute approximate surface area is 180 Å². The zero-order valence-corrected chi connectivity index (χ0v) is 17.8. The molecule has 0 saturated carbocycles. The Morgan fingerprint density at radius 2 is 1.73 bits per heavy atom. The molecule has 2 aromatic carbocycles. The first kappa shape index (κ1) is 20.4. The molecule has 0 bridgehead atoms. The van der Waals surface area contributed by atoms with E-state index in [4.69, 9.17) is 11.6 Å². The van der Waals surface area contributed by atoms with Crippen molar-refractivity contribution in [3.05, 3.63) is 87.1 Å². The van der Waals surface area contributed by atoms with Crippen molar-refractivity contribution in [2.45, 2.75) is 38.8 Å². The van der Waals surface area contributed by atoms with Crippen molar-refractivity contribution in [2.75, 3.05) is 13.1 Å². The van der Waals surface area contributed by atoms with Crippen LogP contribution in [0.25, 0.3) is 0 Å². The molecule has 0 spiro atoms. The third-order valence-corrected chi connectivity index (χ3v) is 5.93. The van der Waals surface area contributed by atoms with Gasteiger partial charge in [-0.1, -0.05) is 41.9 Å². The van der Waals surface area contributed by atoms with Gasteiger partial charge in [0.2, 0.25) is 0 Å². The number of carbonyl (C=O) groups is 1. The lowest BCUT2D eigenvalue weighted by Gasteiger charge is -2.31. The van der Waals surface area contributed by atoms with Crippen LogP contribution < -0.4 is 5.69 Å². The van der Waals surface area contributed by atoms with E-state index in [1.807, 2.05) is 42.2 Å². The number of piperidine rings is 1. The summed E-state index contributed by atoms with van der Waals surface area (Å²) >= 11 is 5.92. The van der Waals surface area contributed by atoms with Crippen LogP contribution in [-0.2, 0) is 13.1 Å². The van der Waals surface area contributed by atoms with E-state index in [1.54, 1.807) is 33.5 Å². The van der Waals surface area contributed by atoms with E-state index in [0.29, 0.717) is 36.8 Å². The maximum absolute atomic E-state index is 12.8. The Hall–Kier alpha value is -2.86. The lowest BCUT2D eigenvalue weighted by molar-refractivity contribution is 0.0710. The highest BCUT2D eigenvalue weighted by Gasteiger charge is 2.28. The predicted molar refractivity (Wildman–Crippen MR) is 117 cm³/mol. The number of hydrogen-bond acceptors (Lipinski definition) is 3. The lowest BCUT2D eigenvalue weighted by Crippen LogP contribution is -2.38. The largest absolute Gasteiger partial charge is 0.346 e. The van der Waals surface area contributed by atoms with E-state index in [-0.39, 0.29) is 17.5 Å². The fourth-order valence-corrected chi connectivity index (χ4v) is 4.16. The Morgan fingerprint density at radius 3 is 2.37 bits per heavy atom. The third kappa shape index (κ3) is 4.19. The van der Waals surface area contributed by atoms with Crippen LogP contribution in [0.4, 0.5) is 0 Å². The molecular weight excluding hydrogens is 400 g/mol. The maximum Gasteiger partial charge on any atom is 0.346 e. The molecule has 3 aromatic rings. The molecule has 0 N–H and O–H groups in total. The Kier molecular flexibility index (Phi) is 6.04. The quantitative estimate of drug-likeness (QED) is 0.626. The number of aromatic nitrogens is 3. The van der Waals surface area contributed by atoms with Crippen LogP contribution in [0.3, 0.4) is 0 Å². The third-order valence-electron chi connectivity index (χ3n) is 5.68. The van der Waals surface area contributed by atoms with Gasteiger partial charge in [-0.15, -0.1) is 0 Å². The van der Waals surface area contributed by atoms with Crippen molar-refractivity contribution in [3.8, 4) is 0 Å². The molecule has 7 heteroatoms. The van der Waals surface area contributed by atoms with Gasteiger partial charge in [0.15, 0.2) is 0 Å². The number of nitrogens with zero attached hydrogens (tertiary/aromatic N) is 4. The van der Waals surface area contributed by atoms with Crippen molar-refractivity contribution in [2.24, 2.45) is 0 Å². The molecule has 0 unspecified atom stereocenters. The molecule has 6 nitrogen and oxygen atoms in total. The van der Waals surface area contributed by atoms with Crippen molar-refractivity contribution in [3.63, 3.8) is 0 Å². The van der Waals surface area contributed by atoms with Crippen LogP contribution in [-0.4, -0.2) is 38.2 Å². The Morgan fingerprint density at radius 1 is 1.07 bits per heavy atom. The lowest BCUT2D eigenvalue weighted by atomic mass is 9.95. The average molecular weight is 425 g/mol. The van der Waals surface area contributed by atoms with E-state index >= 15 is 0 Å². The molecule has 0 atom stereocenters. The van der Waals surface area contributed by atoms with Gasteiger partial charge in [-0.25, -0.2) is 9.48 Å². The Balaban J connectivity index is 1.47. The van der Waals surface area contributed by atoms with Crippen molar-refractivity contribution in [1.82, 2.24) is 19.2 Å². The van der Waals surface area contributed by atoms with Gasteiger partial charge in [-0.05, 0) is 49.6 Å². The minimum Gasteiger partial charge on any atom is -0.339 e. The number of rotatable bonds is 5. The van der Waals surface area contributed by atoms with Gasteiger partial charge >= 0.3 is 5.69 Å². The molecule has 1 amide bonds. The summed E-state index contributed by atoms with van der Waals surface area (Å²) in [5.41, 5.74) is 1.63. The number of carbonyl (C=O) groups excluding carboxylic acids is 1. The van der Waals surface area contributed by atoms with Crippen LogP contribution >= 0.6 is 11.6 Å². The SMILES string of the molecule is CCn1c(C2CCN(C(=O)c3ccc(Cl)cc3)CC2)nn(Cc2ccccc2)c1=O. The first-order valence-electron chi connectivity index (χ1n) is 10.3. The van der Waals surface area contributed by atoms with Gasteiger partial charge in [0.1, 0.15) is 5.82 Å². The highest BCUT2D eigenvalue weighted by Crippen LogP contribution is 2.27. The number of halogens is 1. The topological polar surface area (TPSA) is 60.1 Å². The first-order chi connectivity index (χ1) is 14.6. The molecular formula is C23H25ClN4O2. The zero-order chi connectivity index (χ0) is 21.1. The van der Waals surface area contributed by atoms with Crippen LogP contribution in [0.2, 0.25) is 5.02 Å². The molecule has 1 fully saturated rings. The number of likely N-dealkylation sites (tertiary alicyclic amines) is 1. The van der Waals surface area contributed by atoms with Gasteiger partial charge in [0, 0.05) is 36.1 Å². The second-order valence-electron chi connectivity index (χ2n) is 7.60. The summed E-state index contributed by atoms with van der Waals surface area (Å²) in [5, 5.41) is 5.31.